The zero-order valence-corrected chi connectivity index (χ0v) is 19.6. The second-order valence-electron chi connectivity index (χ2n) is 7.78. The van der Waals surface area contributed by atoms with Gasteiger partial charge in [0.25, 0.3) is 11.8 Å². The number of hydrogen-bond donors (Lipinski definition) is 1. The number of carbonyl (C=O) groups excluding carboxylic acids is 2. The molecule has 0 unspecified atom stereocenters. The number of amides is 2. The van der Waals surface area contributed by atoms with Crippen LogP contribution in [0.5, 0.6) is 17.2 Å². The summed E-state index contributed by atoms with van der Waals surface area (Å²) < 4.78 is 21.4. The molecule has 176 valence electrons. The lowest BCUT2D eigenvalue weighted by Gasteiger charge is -2.15. The third-order valence-electron chi connectivity index (χ3n) is 5.03. The van der Waals surface area contributed by atoms with E-state index in [9.17, 15) is 9.59 Å². The summed E-state index contributed by atoms with van der Waals surface area (Å²) in [6.45, 7) is 4.59. The largest absolute Gasteiger partial charge is 0.497 e. The van der Waals surface area contributed by atoms with Gasteiger partial charge in [0, 0.05) is 44.1 Å². The van der Waals surface area contributed by atoms with Crippen molar-refractivity contribution in [1.29, 1.82) is 0 Å². The summed E-state index contributed by atoms with van der Waals surface area (Å²) in [5, 5.41) is 3.13. The van der Waals surface area contributed by atoms with E-state index in [0.29, 0.717) is 47.1 Å². The lowest BCUT2D eigenvalue weighted by molar-refractivity contribution is -0.137. The minimum absolute atomic E-state index is 0.0290. The molecule has 0 spiro atoms. The van der Waals surface area contributed by atoms with Crippen molar-refractivity contribution in [2.75, 3.05) is 39.8 Å². The van der Waals surface area contributed by atoms with Crippen LogP contribution in [0.2, 0.25) is 0 Å². The molecule has 0 aliphatic carbocycles. The van der Waals surface area contributed by atoms with E-state index in [-0.39, 0.29) is 24.3 Å². The van der Waals surface area contributed by atoms with Crippen LogP contribution in [-0.4, -0.2) is 57.3 Å². The quantitative estimate of drug-likeness (QED) is 0.409. The predicted molar refractivity (Wildman–Crippen MR) is 126 cm³/mol. The van der Waals surface area contributed by atoms with Crippen molar-refractivity contribution in [2.45, 2.75) is 26.4 Å². The number of benzene rings is 2. The Hall–Kier alpha value is -3.52. The van der Waals surface area contributed by atoms with Crippen LogP contribution in [0.4, 0.5) is 5.69 Å². The van der Waals surface area contributed by atoms with Crippen molar-refractivity contribution in [1.82, 2.24) is 4.90 Å². The standard InChI is InChI=1S/C25H30N2O6/c1-16(2)33-19-9-7-17(8-10-19)22-23(25(29)27(24(22)28)11-6-12-30-3)26-18-13-20(31-4)15-21(14-18)32-5/h7-10,13-16,26H,6,11-12H2,1-5H3. The molecule has 1 heterocycles. The lowest BCUT2D eigenvalue weighted by Crippen LogP contribution is -2.33. The van der Waals surface area contributed by atoms with Gasteiger partial charge in [-0.2, -0.15) is 0 Å². The average Bonchev–Trinajstić information content (AvgIpc) is 3.03. The SMILES string of the molecule is COCCCN1C(=O)C(Nc2cc(OC)cc(OC)c2)=C(c2ccc(OC(C)C)cc2)C1=O. The van der Waals surface area contributed by atoms with E-state index >= 15 is 0 Å². The monoisotopic (exact) mass is 454 g/mol. The lowest BCUT2D eigenvalue weighted by atomic mass is 10.0. The molecule has 3 rings (SSSR count). The summed E-state index contributed by atoms with van der Waals surface area (Å²) >= 11 is 0. The second-order valence-corrected chi connectivity index (χ2v) is 7.78. The molecule has 33 heavy (non-hydrogen) atoms. The van der Waals surface area contributed by atoms with Gasteiger partial charge in [-0.3, -0.25) is 14.5 Å². The van der Waals surface area contributed by atoms with Crippen molar-refractivity contribution in [3.63, 3.8) is 0 Å². The molecule has 0 aromatic heterocycles. The van der Waals surface area contributed by atoms with Gasteiger partial charge in [-0.15, -0.1) is 0 Å². The Balaban J connectivity index is 2.01. The Bertz CT molecular complexity index is 1010. The van der Waals surface area contributed by atoms with E-state index in [0.717, 1.165) is 0 Å². The molecule has 1 aliphatic rings. The van der Waals surface area contributed by atoms with Crippen molar-refractivity contribution in [3.8, 4) is 17.2 Å². The molecule has 2 aromatic carbocycles. The van der Waals surface area contributed by atoms with E-state index in [1.54, 1.807) is 63.8 Å². The zero-order chi connectivity index (χ0) is 24.0. The summed E-state index contributed by atoms with van der Waals surface area (Å²) in [6.07, 6.45) is 0.573. The number of ether oxygens (including phenoxy) is 4. The number of nitrogens with zero attached hydrogens (tertiary/aromatic N) is 1. The highest BCUT2D eigenvalue weighted by molar-refractivity contribution is 6.36. The maximum Gasteiger partial charge on any atom is 0.278 e. The molecule has 1 N–H and O–H groups in total. The Morgan fingerprint density at radius 2 is 1.52 bits per heavy atom. The first-order valence-electron chi connectivity index (χ1n) is 10.7. The number of imide groups is 1. The molecule has 0 radical (unpaired) electrons. The summed E-state index contributed by atoms with van der Waals surface area (Å²) in [7, 11) is 4.68. The number of nitrogens with one attached hydrogen (secondary N) is 1. The fourth-order valence-electron chi connectivity index (χ4n) is 3.53. The fourth-order valence-corrected chi connectivity index (χ4v) is 3.53. The molecule has 8 heteroatoms. The Morgan fingerprint density at radius 3 is 2.06 bits per heavy atom. The van der Waals surface area contributed by atoms with Crippen molar-refractivity contribution in [3.05, 3.63) is 53.7 Å². The summed E-state index contributed by atoms with van der Waals surface area (Å²) in [4.78, 5) is 27.8. The third kappa shape index (κ3) is 5.64. The van der Waals surface area contributed by atoms with Crippen LogP contribution in [0.25, 0.3) is 5.57 Å². The van der Waals surface area contributed by atoms with Crippen molar-refractivity contribution in [2.24, 2.45) is 0 Å². The topological polar surface area (TPSA) is 86.3 Å². The molecule has 0 bridgehead atoms. The maximum absolute atomic E-state index is 13.3. The Kier molecular flexibility index (Phi) is 7.95. The first-order valence-corrected chi connectivity index (χ1v) is 10.7. The van der Waals surface area contributed by atoms with Gasteiger partial charge in [-0.05, 0) is 38.0 Å². The predicted octanol–water partition coefficient (Wildman–Crippen LogP) is 3.72. The third-order valence-corrected chi connectivity index (χ3v) is 5.03. The van der Waals surface area contributed by atoms with E-state index in [1.807, 2.05) is 13.8 Å². The molecule has 0 saturated heterocycles. The van der Waals surface area contributed by atoms with Crippen molar-refractivity contribution >= 4 is 23.1 Å². The van der Waals surface area contributed by atoms with Crippen LogP contribution < -0.4 is 19.5 Å². The van der Waals surface area contributed by atoms with Crippen LogP contribution in [0, 0.1) is 0 Å². The molecule has 2 aromatic rings. The van der Waals surface area contributed by atoms with Gasteiger partial charge in [-0.25, -0.2) is 0 Å². The number of carbonyl (C=O) groups is 2. The zero-order valence-electron chi connectivity index (χ0n) is 19.6. The number of hydrogen-bond acceptors (Lipinski definition) is 7. The number of anilines is 1. The van der Waals surface area contributed by atoms with Crippen LogP contribution in [0.15, 0.2) is 48.2 Å². The summed E-state index contributed by atoms with van der Waals surface area (Å²) in [6, 6.07) is 12.3. The highest BCUT2D eigenvalue weighted by Crippen LogP contribution is 2.33. The minimum Gasteiger partial charge on any atom is -0.497 e. The molecule has 2 amide bonds. The van der Waals surface area contributed by atoms with Gasteiger partial charge in [0.15, 0.2) is 0 Å². The molecule has 8 nitrogen and oxygen atoms in total. The maximum atomic E-state index is 13.3. The molecule has 0 fully saturated rings. The van der Waals surface area contributed by atoms with Gasteiger partial charge in [-0.1, -0.05) is 12.1 Å². The highest BCUT2D eigenvalue weighted by atomic mass is 16.5. The molecular weight excluding hydrogens is 424 g/mol. The van der Waals surface area contributed by atoms with E-state index in [4.69, 9.17) is 18.9 Å². The van der Waals surface area contributed by atoms with E-state index < -0.39 is 5.91 Å². The molecule has 1 aliphatic heterocycles. The molecule has 0 saturated carbocycles. The van der Waals surface area contributed by atoms with Crippen LogP contribution in [-0.2, 0) is 14.3 Å². The van der Waals surface area contributed by atoms with Gasteiger partial charge in [0.1, 0.15) is 22.9 Å². The summed E-state index contributed by atoms with van der Waals surface area (Å²) in [5.74, 6) is 1.06. The fraction of sp³-hybridized carbons (Fsp3) is 0.360. The van der Waals surface area contributed by atoms with E-state index in [1.165, 1.54) is 4.90 Å². The highest BCUT2D eigenvalue weighted by Gasteiger charge is 2.39. The molecular formula is C25H30N2O6. The number of rotatable bonds is 11. The Labute approximate surface area is 194 Å². The van der Waals surface area contributed by atoms with Crippen molar-refractivity contribution < 1.29 is 28.5 Å². The average molecular weight is 455 g/mol. The van der Waals surface area contributed by atoms with Gasteiger partial charge in [0.2, 0.25) is 0 Å². The smallest absolute Gasteiger partial charge is 0.278 e. The van der Waals surface area contributed by atoms with Gasteiger partial charge >= 0.3 is 0 Å². The van der Waals surface area contributed by atoms with E-state index in [2.05, 4.69) is 5.32 Å². The number of methoxy groups -OCH3 is 3. The van der Waals surface area contributed by atoms with Crippen LogP contribution >= 0.6 is 0 Å². The van der Waals surface area contributed by atoms with Crippen LogP contribution in [0.1, 0.15) is 25.8 Å². The first-order chi connectivity index (χ1) is 15.9. The normalized spacial score (nSPS) is 13.7. The first kappa shape index (κ1) is 24.1. The van der Waals surface area contributed by atoms with Gasteiger partial charge in [0.05, 0.1) is 25.9 Å². The summed E-state index contributed by atoms with van der Waals surface area (Å²) in [5.41, 5.74) is 1.69. The van der Waals surface area contributed by atoms with Gasteiger partial charge < -0.3 is 24.3 Å². The second kappa shape index (κ2) is 10.9. The Morgan fingerprint density at radius 1 is 0.879 bits per heavy atom. The van der Waals surface area contributed by atoms with Crippen LogP contribution in [0.3, 0.4) is 0 Å². The molecule has 0 atom stereocenters. The minimum atomic E-state index is -0.393.